The molecule has 3 heterocycles. The van der Waals surface area contributed by atoms with Crippen LogP contribution in [0.25, 0.3) is 10.9 Å². The van der Waals surface area contributed by atoms with Crippen LogP contribution in [0.2, 0.25) is 5.02 Å². The molecule has 2 N–H and O–H groups in total. The molecule has 168 valence electrons. The van der Waals surface area contributed by atoms with E-state index in [2.05, 4.69) is 20.3 Å². The van der Waals surface area contributed by atoms with Crippen LogP contribution in [-0.2, 0) is 0 Å². The average molecular weight is 482 g/mol. The van der Waals surface area contributed by atoms with Crippen molar-refractivity contribution in [2.45, 2.75) is 26.0 Å². The van der Waals surface area contributed by atoms with Gasteiger partial charge in [-0.05, 0) is 38.1 Å². The van der Waals surface area contributed by atoms with Crippen LogP contribution in [0.4, 0.5) is 5.13 Å². The third-order valence-electron chi connectivity index (χ3n) is 5.03. The Morgan fingerprint density at radius 3 is 2.76 bits per heavy atom. The van der Waals surface area contributed by atoms with E-state index in [9.17, 15) is 10.1 Å². The van der Waals surface area contributed by atoms with Crippen LogP contribution in [0.3, 0.4) is 0 Å². The first kappa shape index (κ1) is 22.6. The lowest BCUT2D eigenvalue weighted by Crippen LogP contribution is -2.19. The third kappa shape index (κ3) is 4.77. The van der Waals surface area contributed by atoms with E-state index in [1.54, 1.807) is 24.4 Å². The first-order chi connectivity index (χ1) is 15.9. The second-order valence-electron chi connectivity index (χ2n) is 7.27. The number of H-pyrrole nitrogens is 1. The molecule has 4 aromatic rings. The summed E-state index contributed by atoms with van der Waals surface area (Å²) in [5.41, 5.74) is 1.63. The normalized spacial score (nSPS) is 12.7. The minimum absolute atomic E-state index is 0.252. The predicted octanol–water partition coefficient (Wildman–Crippen LogP) is 5.23. The summed E-state index contributed by atoms with van der Waals surface area (Å²) in [7, 11) is 1.45. The molecule has 0 spiro atoms. The first-order valence-corrected chi connectivity index (χ1v) is 11.2. The number of halogens is 1. The third-order valence-corrected chi connectivity index (χ3v) is 6.20. The first-order valence-electron chi connectivity index (χ1n) is 10.0. The zero-order valence-electron chi connectivity index (χ0n) is 18.0. The number of methoxy groups -OCH3 is 1. The number of rotatable bonds is 7. The Labute approximate surface area is 198 Å². The number of hydrogen-bond donors (Lipinski definition) is 2. The zero-order valence-corrected chi connectivity index (χ0v) is 19.6. The lowest BCUT2D eigenvalue weighted by atomic mass is 10.1. The summed E-state index contributed by atoms with van der Waals surface area (Å²) in [5, 5.41) is 14.0. The fraction of sp³-hybridized carbons (Fsp3) is 0.217. The highest BCUT2D eigenvalue weighted by molar-refractivity contribution is 7.16. The van der Waals surface area contributed by atoms with E-state index in [0.717, 1.165) is 22.4 Å². The molecule has 0 unspecified atom stereocenters. The van der Waals surface area contributed by atoms with Crippen molar-refractivity contribution in [3.63, 3.8) is 0 Å². The molecule has 0 saturated heterocycles. The van der Waals surface area contributed by atoms with Gasteiger partial charge in [0, 0.05) is 23.2 Å². The number of nitriles is 1. The van der Waals surface area contributed by atoms with Gasteiger partial charge in [-0.2, -0.15) is 10.2 Å². The van der Waals surface area contributed by atoms with Gasteiger partial charge in [0.05, 0.1) is 29.4 Å². The Morgan fingerprint density at radius 2 is 2.09 bits per heavy atom. The summed E-state index contributed by atoms with van der Waals surface area (Å²) in [6.07, 6.45) is 1.39. The summed E-state index contributed by atoms with van der Waals surface area (Å²) in [6, 6.07) is 12.5. The molecular formula is C23H20ClN5O3S. The van der Waals surface area contributed by atoms with Gasteiger partial charge in [-0.15, -0.1) is 0 Å². The fourth-order valence-corrected chi connectivity index (χ4v) is 4.38. The Kier molecular flexibility index (Phi) is 6.49. The van der Waals surface area contributed by atoms with Gasteiger partial charge in [-0.3, -0.25) is 9.78 Å². The van der Waals surface area contributed by atoms with Gasteiger partial charge in [0.1, 0.15) is 17.9 Å². The van der Waals surface area contributed by atoms with Crippen LogP contribution in [0.15, 0.2) is 47.4 Å². The lowest BCUT2D eigenvalue weighted by molar-refractivity contribution is 0.222. The molecule has 4 rings (SSSR count). The number of ether oxygens (including phenoxy) is 2. The number of hydrogen-bond acceptors (Lipinski definition) is 8. The van der Waals surface area contributed by atoms with Gasteiger partial charge in [0.25, 0.3) is 5.56 Å². The maximum atomic E-state index is 12.8. The number of aromatic nitrogens is 3. The molecule has 0 bridgehead atoms. The van der Waals surface area contributed by atoms with Crippen LogP contribution in [0.5, 0.6) is 11.6 Å². The monoisotopic (exact) mass is 481 g/mol. The van der Waals surface area contributed by atoms with E-state index in [-0.39, 0.29) is 23.6 Å². The van der Waals surface area contributed by atoms with E-state index < -0.39 is 0 Å². The van der Waals surface area contributed by atoms with Crippen molar-refractivity contribution < 1.29 is 9.47 Å². The summed E-state index contributed by atoms with van der Waals surface area (Å²) in [4.78, 5) is 24.6. The highest BCUT2D eigenvalue weighted by Gasteiger charge is 2.18. The molecule has 1 aromatic carbocycles. The highest BCUT2D eigenvalue weighted by Crippen LogP contribution is 2.34. The molecule has 0 radical (unpaired) electrons. The second kappa shape index (κ2) is 9.48. The Balaban J connectivity index is 1.61. The number of nitrogens with zero attached hydrogens (tertiary/aromatic N) is 3. The van der Waals surface area contributed by atoms with Crippen LogP contribution < -0.4 is 20.3 Å². The van der Waals surface area contributed by atoms with Crippen LogP contribution >= 0.6 is 22.9 Å². The standard InChI is InChI=1S/C23H20ClN5O3S/c1-12(27-23-29-22(31-3)20(11-25)33-23)15-8-14-9-16(24)19(10-18(14)28-21(15)30)32-13(2)17-6-4-5-7-26-17/h4-10,12-13H,1-3H3,(H,27,29)(H,28,30)/t12-,13+/m0/s1. The summed E-state index contributed by atoms with van der Waals surface area (Å²) >= 11 is 7.64. The molecule has 0 fully saturated rings. The topological polar surface area (TPSA) is 113 Å². The molecule has 3 aromatic heterocycles. The smallest absolute Gasteiger partial charge is 0.253 e. The largest absolute Gasteiger partial charge is 0.483 e. The SMILES string of the molecule is COc1nc(N[C@@H](C)c2cc3cc(Cl)c(O[C@H](C)c4ccccn4)cc3[nH]c2=O)sc1C#N. The van der Waals surface area contributed by atoms with E-state index in [1.807, 2.05) is 38.1 Å². The van der Waals surface area contributed by atoms with Crippen molar-refractivity contribution in [3.05, 3.63) is 74.1 Å². The minimum atomic E-state index is -0.376. The van der Waals surface area contributed by atoms with Gasteiger partial charge in [0.15, 0.2) is 10.0 Å². The molecule has 0 aliphatic rings. The number of benzene rings is 1. The molecule has 0 aliphatic heterocycles. The van der Waals surface area contributed by atoms with Gasteiger partial charge < -0.3 is 19.8 Å². The van der Waals surface area contributed by atoms with Crippen molar-refractivity contribution in [3.8, 4) is 17.7 Å². The molecule has 10 heteroatoms. The number of thiazole rings is 1. The summed E-state index contributed by atoms with van der Waals surface area (Å²) in [6.45, 7) is 3.72. The molecule has 0 saturated carbocycles. The average Bonchev–Trinajstić information content (AvgIpc) is 3.21. The van der Waals surface area contributed by atoms with E-state index in [1.165, 1.54) is 7.11 Å². The molecule has 8 nitrogen and oxygen atoms in total. The molecule has 33 heavy (non-hydrogen) atoms. The van der Waals surface area contributed by atoms with Gasteiger partial charge in [0.2, 0.25) is 5.88 Å². The van der Waals surface area contributed by atoms with Gasteiger partial charge >= 0.3 is 0 Å². The van der Waals surface area contributed by atoms with Crippen molar-refractivity contribution in [1.82, 2.24) is 15.0 Å². The number of fused-ring (bicyclic) bond motifs is 1. The summed E-state index contributed by atoms with van der Waals surface area (Å²) in [5.74, 6) is 0.708. The Hall–Kier alpha value is -3.61. The zero-order chi connectivity index (χ0) is 23.5. The van der Waals surface area contributed by atoms with Crippen molar-refractivity contribution in [1.29, 1.82) is 5.26 Å². The van der Waals surface area contributed by atoms with E-state index in [0.29, 0.717) is 31.9 Å². The number of anilines is 1. The second-order valence-corrected chi connectivity index (χ2v) is 8.68. The van der Waals surface area contributed by atoms with E-state index >= 15 is 0 Å². The number of pyridine rings is 2. The minimum Gasteiger partial charge on any atom is -0.483 e. The van der Waals surface area contributed by atoms with Crippen molar-refractivity contribution in [2.24, 2.45) is 0 Å². The number of nitrogens with one attached hydrogen (secondary N) is 2. The van der Waals surface area contributed by atoms with Crippen LogP contribution in [0.1, 0.15) is 42.1 Å². The number of aromatic amines is 1. The maximum Gasteiger partial charge on any atom is 0.253 e. The van der Waals surface area contributed by atoms with Gasteiger partial charge in [-0.1, -0.05) is 29.0 Å². The molecular weight excluding hydrogens is 462 g/mol. The summed E-state index contributed by atoms with van der Waals surface area (Å²) < 4.78 is 11.1. The highest BCUT2D eigenvalue weighted by atomic mass is 35.5. The fourth-order valence-electron chi connectivity index (χ4n) is 3.34. The Morgan fingerprint density at radius 1 is 1.27 bits per heavy atom. The molecule has 2 atom stereocenters. The van der Waals surface area contributed by atoms with Crippen molar-refractivity contribution in [2.75, 3.05) is 12.4 Å². The maximum absolute atomic E-state index is 12.8. The predicted molar refractivity (Wildman–Crippen MR) is 128 cm³/mol. The van der Waals surface area contributed by atoms with Crippen molar-refractivity contribution >= 4 is 39.0 Å². The Bertz CT molecular complexity index is 1400. The molecule has 0 aliphatic carbocycles. The van der Waals surface area contributed by atoms with Crippen LogP contribution in [-0.4, -0.2) is 22.1 Å². The molecule has 0 amide bonds. The van der Waals surface area contributed by atoms with Gasteiger partial charge in [-0.25, -0.2) is 0 Å². The van der Waals surface area contributed by atoms with E-state index in [4.69, 9.17) is 21.1 Å². The van der Waals surface area contributed by atoms with Crippen LogP contribution in [0, 0.1) is 11.3 Å². The lowest BCUT2D eigenvalue weighted by Gasteiger charge is -2.17. The quantitative estimate of drug-likeness (QED) is 0.371.